The molecule has 4 nitrogen and oxygen atoms in total. The van der Waals surface area contributed by atoms with E-state index in [9.17, 15) is 9.59 Å². The molecule has 2 aliphatic rings. The van der Waals surface area contributed by atoms with Crippen LogP contribution in [0.3, 0.4) is 0 Å². The van der Waals surface area contributed by atoms with Crippen LogP contribution in [0.4, 0.5) is 0 Å². The number of amides is 2. The van der Waals surface area contributed by atoms with Gasteiger partial charge in [-0.3, -0.25) is 9.59 Å². The van der Waals surface area contributed by atoms with Crippen LogP contribution in [-0.2, 0) is 4.79 Å². The summed E-state index contributed by atoms with van der Waals surface area (Å²) < 4.78 is 0. The Labute approximate surface area is 122 Å². The summed E-state index contributed by atoms with van der Waals surface area (Å²) in [6.45, 7) is 4.02. The molecule has 1 saturated heterocycles. The third kappa shape index (κ3) is 2.00. The first-order valence-electron chi connectivity index (χ1n) is 6.97. The highest BCUT2D eigenvalue weighted by atomic mass is 32.2. The lowest BCUT2D eigenvalue weighted by Gasteiger charge is -2.24. The van der Waals surface area contributed by atoms with Crippen LogP contribution in [0.5, 0.6) is 0 Å². The van der Waals surface area contributed by atoms with Crippen molar-refractivity contribution in [3.8, 4) is 0 Å². The third-order valence-electron chi connectivity index (χ3n) is 4.00. The topological polar surface area (TPSA) is 49.4 Å². The van der Waals surface area contributed by atoms with Gasteiger partial charge in [0.2, 0.25) is 5.91 Å². The van der Waals surface area contributed by atoms with Crippen molar-refractivity contribution in [2.45, 2.75) is 37.7 Å². The average molecular weight is 290 g/mol. The zero-order chi connectivity index (χ0) is 14.3. The molecule has 0 spiro atoms. The minimum Gasteiger partial charge on any atom is -0.352 e. The number of carbonyl (C=O) groups is 2. The smallest absolute Gasteiger partial charge is 0.256 e. The standard InChI is InChI=1S/C15H18N2O2S/c1-3-9(2)16-13(18)12-8-20-15-11-7-5-4-6-10(11)14(19)17(12)15/h4-7,9,12,15H,3,8H2,1-2H3,(H,16,18)/t9-,12-,15-/m0/s1. The number of carbonyl (C=O) groups excluding carboxylic acids is 2. The highest BCUT2D eigenvalue weighted by molar-refractivity contribution is 7.99. The molecule has 0 radical (unpaired) electrons. The number of hydrogen-bond donors (Lipinski definition) is 1. The second-order valence-electron chi connectivity index (χ2n) is 5.32. The third-order valence-corrected chi connectivity index (χ3v) is 5.30. The van der Waals surface area contributed by atoms with Gasteiger partial charge in [-0.15, -0.1) is 11.8 Å². The second-order valence-corrected chi connectivity index (χ2v) is 6.43. The molecule has 3 atom stereocenters. The molecule has 3 rings (SSSR count). The van der Waals surface area contributed by atoms with Crippen LogP contribution >= 0.6 is 11.8 Å². The number of fused-ring (bicyclic) bond motifs is 3. The summed E-state index contributed by atoms with van der Waals surface area (Å²) in [6, 6.07) is 7.45. The molecule has 1 aromatic rings. The Morgan fingerprint density at radius 1 is 1.50 bits per heavy atom. The molecule has 0 saturated carbocycles. The van der Waals surface area contributed by atoms with Crippen molar-refractivity contribution in [1.29, 1.82) is 0 Å². The Bertz CT molecular complexity index is 561. The van der Waals surface area contributed by atoms with E-state index >= 15 is 0 Å². The van der Waals surface area contributed by atoms with E-state index in [0.29, 0.717) is 5.75 Å². The fourth-order valence-corrected chi connectivity index (χ4v) is 4.15. The summed E-state index contributed by atoms with van der Waals surface area (Å²) in [5.74, 6) is 0.628. The van der Waals surface area contributed by atoms with Crippen LogP contribution in [0, 0.1) is 0 Å². The largest absolute Gasteiger partial charge is 0.352 e. The molecule has 0 aromatic heterocycles. The first-order chi connectivity index (χ1) is 9.63. The number of rotatable bonds is 3. The van der Waals surface area contributed by atoms with Gasteiger partial charge in [-0.05, 0) is 25.0 Å². The highest BCUT2D eigenvalue weighted by Crippen LogP contribution is 2.47. The SMILES string of the molecule is CC[C@H](C)NC(=O)[C@@H]1CS[C@H]2c3ccccc3C(=O)N12. The summed E-state index contributed by atoms with van der Waals surface area (Å²) >= 11 is 1.67. The van der Waals surface area contributed by atoms with Crippen LogP contribution in [0.15, 0.2) is 24.3 Å². The first-order valence-corrected chi connectivity index (χ1v) is 8.02. The minimum absolute atomic E-state index is 0.00591. The van der Waals surface area contributed by atoms with E-state index in [1.165, 1.54) is 0 Å². The quantitative estimate of drug-likeness (QED) is 0.928. The fourth-order valence-electron chi connectivity index (χ4n) is 2.68. The predicted molar refractivity (Wildman–Crippen MR) is 79.5 cm³/mol. The Morgan fingerprint density at radius 3 is 3.00 bits per heavy atom. The Morgan fingerprint density at radius 2 is 2.25 bits per heavy atom. The Balaban J connectivity index is 1.83. The lowest BCUT2D eigenvalue weighted by atomic mass is 10.1. The molecule has 2 heterocycles. The van der Waals surface area contributed by atoms with Crippen molar-refractivity contribution in [3.05, 3.63) is 35.4 Å². The van der Waals surface area contributed by atoms with E-state index in [0.717, 1.165) is 17.5 Å². The molecule has 1 N–H and O–H groups in total. The lowest BCUT2D eigenvalue weighted by Crippen LogP contribution is -2.48. The molecule has 0 aliphatic carbocycles. The molecule has 0 unspecified atom stereocenters. The van der Waals surface area contributed by atoms with Gasteiger partial charge >= 0.3 is 0 Å². The maximum absolute atomic E-state index is 12.5. The van der Waals surface area contributed by atoms with Crippen molar-refractivity contribution in [2.24, 2.45) is 0 Å². The van der Waals surface area contributed by atoms with Gasteiger partial charge in [-0.25, -0.2) is 0 Å². The molecule has 2 amide bonds. The maximum Gasteiger partial charge on any atom is 0.256 e. The van der Waals surface area contributed by atoms with E-state index in [4.69, 9.17) is 0 Å². The van der Waals surface area contributed by atoms with Crippen molar-refractivity contribution in [2.75, 3.05) is 5.75 Å². The molecular weight excluding hydrogens is 272 g/mol. The molecule has 1 aromatic carbocycles. The first kappa shape index (κ1) is 13.5. The van der Waals surface area contributed by atoms with Gasteiger partial charge in [0, 0.05) is 17.4 Å². The van der Waals surface area contributed by atoms with Crippen molar-refractivity contribution < 1.29 is 9.59 Å². The van der Waals surface area contributed by atoms with Gasteiger partial charge < -0.3 is 10.2 Å². The summed E-state index contributed by atoms with van der Waals surface area (Å²) in [7, 11) is 0. The number of hydrogen-bond acceptors (Lipinski definition) is 3. The van der Waals surface area contributed by atoms with Gasteiger partial charge in [-0.2, -0.15) is 0 Å². The summed E-state index contributed by atoms with van der Waals surface area (Å²) in [4.78, 5) is 26.6. The van der Waals surface area contributed by atoms with E-state index in [1.807, 2.05) is 38.1 Å². The Kier molecular flexibility index (Phi) is 3.46. The zero-order valence-electron chi connectivity index (χ0n) is 11.6. The van der Waals surface area contributed by atoms with Crippen molar-refractivity contribution >= 4 is 23.6 Å². The molecule has 0 bridgehead atoms. The number of nitrogens with one attached hydrogen (secondary N) is 1. The minimum atomic E-state index is -0.348. The normalized spacial score (nSPS) is 25.3. The van der Waals surface area contributed by atoms with Gasteiger partial charge in [0.05, 0.1) is 0 Å². The molecular formula is C15H18N2O2S. The zero-order valence-corrected chi connectivity index (χ0v) is 12.4. The molecule has 20 heavy (non-hydrogen) atoms. The maximum atomic E-state index is 12.5. The lowest BCUT2D eigenvalue weighted by molar-refractivity contribution is -0.125. The van der Waals surface area contributed by atoms with Crippen LogP contribution in [0.1, 0.15) is 41.6 Å². The molecule has 1 fully saturated rings. The number of nitrogens with zero attached hydrogens (tertiary/aromatic N) is 1. The van der Waals surface area contributed by atoms with Crippen LogP contribution < -0.4 is 5.32 Å². The van der Waals surface area contributed by atoms with E-state index in [1.54, 1.807) is 16.7 Å². The Hall–Kier alpha value is -1.49. The van der Waals surface area contributed by atoms with E-state index in [-0.39, 0.29) is 29.3 Å². The number of benzene rings is 1. The number of thioether (sulfide) groups is 1. The van der Waals surface area contributed by atoms with Crippen LogP contribution in [0.25, 0.3) is 0 Å². The summed E-state index contributed by atoms with van der Waals surface area (Å²) in [6.07, 6.45) is 0.892. The highest BCUT2D eigenvalue weighted by Gasteiger charge is 2.48. The van der Waals surface area contributed by atoms with Gasteiger partial charge in [0.25, 0.3) is 5.91 Å². The molecule has 5 heteroatoms. The molecule has 106 valence electrons. The van der Waals surface area contributed by atoms with E-state index < -0.39 is 0 Å². The van der Waals surface area contributed by atoms with Crippen LogP contribution in [0.2, 0.25) is 0 Å². The average Bonchev–Trinajstić information content (AvgIpc) is 3.00. The van der Waals surface area contributed by atoms with E-state index in [2.05, 4.69) is 5.32 Å². The second kappa shape index (κ2) is 5.13. The fraction of sp³-hybridized carbons (Fsp3) is 0.467. The predicted octanol–water partition coefficient (Wildman–Crippen LogP) is 2.17. The molecule has 2 aliphatic heterocycles. The monoisotopic (exact) mass is 290 g/mol. The van der Waals surface area contributed by atoms with Crippen LogP contribution in [-0.4, -0.2) is 34.6 Å². The van der Waals surface area contributed by atoms with Crippen molar-refractivity contribution in [3.63, 3.8) is 0 Å². The van der Waals surface area contributed by atoms with Gasteiger partial charge in [-0.1, -0.05) is 25.1 Å². The summed E-state index contributed by atoms with van der Waals surface area (Å²) in [5, 5.41) is 2.99. The van der Waals surface area contributed by atoms with Gasteiger partial charge in [0.1, 0.15) is 11.4 Å². The van der Waals surface area contributed by atoms with Gasteiger partial charge in [0.15, 0.2) is 0 Å². The van der Waals surface area contributed by atoms with Crippen molar-refractivity contribution in [1.82, 2.24) is 10.2 Å². The summed E-state index contributed by atoms with van der Waals surface area (Å²) in [5.41, 5.74) is 1.78.